The van der Waals surface area contributed by atoms with Crippen molar-refractivity contribution in [3.8, 4) is 0 Å². The normalized spacial score (nSPS) is 10.9. The van der Waals surface area contributed by atoms with E-state index in [9.17, 15) is 0 Å². The molecule has 0 aliphatic heterocycles. The summed E-state index contributed by atoms with van der Waals surface area (Å²) in [5, 5.41) is 8.89. The van der Waals surface area contributed by atoms with E-state index in [0.29, 0.717) is 0 Å². The van der Waals surface area contributed by atoms with Crippen molar-refractivity contribution in [1.29, 1.82) is 0 Å². The lowest BCUT2D eigenvalue weighted by Crippen LogP contribution is -2.01. The largest absolute Gasteiger partial charge is 0.378 e. The van der Waals surface area contributed by atoms with Gasteiger partial charge < -0.3 is 5.32 Å². The summed E-state index contributed by atoms with van der Waals surface area (Å²) in [6.45, 7) is 5.78. The van der Waals surface area contributed by atoms with E-state index in [4.69, 9.17) is 0 Å². The smallest absolute Gasteiger partial charge is 0.0729 e. The second-order valence-electron chi connectivity index (χ2n) is 4.88. The summed E-state index contributed by atoms with van der Waals surface area (Å²) in [5.41, 5.74) is 4.40. The number of benzene rings is 1. The van der Waals surface area contributed by atoms with Gasteiger partial charge >= 0.3 is 0 Å². The monoisotopic (exact) mass is 266 g/mol. The van der Waals surface area contributed by atoms with Gasteiger partial charge in [-0.15, -0.1) is 0 Å². The molecule has 3 aromatic rings. The Bertz CT molecular complexity index is 730. The Hall–Kier alpha value is -2.36. The molecule has 1 N–H and O–H groups in total. The number of pyridine rings is 1. The lowest BCUT2D eigenvalue weighted by Gasteiger charge is -2.09. The first kappa shape index (κ1) is 12.7. The molecule has 0 aliphatic rings. The lowest BCUT2D eigenvalue weighted by molar-refractivity contribution is 0.660. The summed E-state index contributed by atoms with van der Waals surface area (Å²) in [7, 11) is 0. The molecule has 0 spiro atoms. The SMILES string of the molecule is CCn1cc(NCc2cc(C)nc3ccccc23)cn1. The van der Waals surface area contributed by atoms with E-state index < -0.39 is 0 Å². The van der Waals surface area contributed by atoms with Crippen LogP contribution in [-0.2, 0) is 13.1 Å². The van der Waals surface area contributed by atoms with Crippen LogP contribution in [0.2, 0.25) is 0 Å². The van der Waals surface area contributed by atoms with Crippen molar-refractivity contribution >= 4 is 16.6 Å². The van der Waals surface area contributed by atoms with Crippen LogP contribution in [0.15, 0.2) is 42.7 Å². The fraction of sp³-hybridized carbons (Fsp3) is 0.250. The molecule has 0 bridgehead atoms. The summed E-state index contributed by atoms with van der Waals surface area (Å²) in [6, 6.07) is 10.4. The number of aryl methyl sites for hydroxylation is 2. The second kappa shape index (κ2) is 5.33. The van der Waals surface area contributed by atoms with Crippen LogP contribution < -0.4 is 5.32 Å². The topological polar surface area (TPSA) is 42.7 Å². The molecule has 4 nitrogen and oxygen atoms in total. The van der Waals surface area contributed by atoms with Gasteiger partial charge in [-0.2, -0.15) is 5.10 Å². The zero-order valence-corrected chi connectivity index (χ0v) is 11.8. The van der Waals surface area contributed by atoms with Gasteiger partial charge in [-0.05, 0) is 31.5 Å². The number of fused-ring (bicyclic) bond motifs is 1. The number of rotatable bonds is 4. The third-order valence-electron chi connectivity index (χ3n) is 3.37. The molecule has 0 unspecified atom stereocenters. The number of aromatic nitrogens is 3. The fourth-order valence-electron chi connectivity index (χ4n) is 2.37. The highest BCUT2D eigenvalue weighted by Crippen LogP contribution is 2.19. The van der Waals surface area contributed by atoms with Crippen molar-refractivity contribution in [2.45, 2.75) is 26.9 Å². The van der Waals surface area contributed by atoms with Gasteiger partial charge in [0.15, 0.2) is 0 Å². The number of para-hydroxylation sites is 1. The van der Waals surface area contributed by atoms with E-state index in [1.807, 2.05) is 30.1 Å². The molecule has 4 heteroatoms. The Kier molecular flexibility index (Phi) is 3.37. The lowest BCUT2D eigenvalue weighted by atomic mass is 10.1. The highest BCUT2D eigenvalue weighted by Gasteiger charge is 2.04. The van der Waals surface area contributed by atoms with Crippen LogP contribution in [0.25, 0.3) is 10.9 Å². The van der Waals surface area contributed by atoms with E-state index in [0.717, 1.165) is 30.0 Å². The average molecular weight is 266 g/mol. The first-order chi connectivity index (χ1) is 9.76. The van der Waals surface area contributed by atoms with Crippen molar-refractivity contribution in [3.63, 3.8) is 0 Å². The van der Waals surface area contributed by atoms with Gasteiger partial charge in [-0.25, -0.2) is 0 Å². The van der Waals surface area contributed by atoms with E-state index in [2.05, 4.69) is 46.6 Å². The molecule has 2 heterocycles. The molecule has 0 saturated carbocycles. The molecule has 0 radical (unpaired) electrons. The maximum Gasteiger partial charge on any atom is 0.0729 e. The predicted octanol–water partition coefficient (Wildman–Crippen LogP) is 3.37. The Balaban J connectivity index is 1.86. The van der Waals surface area contributed by atoms with Crippen LogP contribution in [0.3, 0.4) is 0 Å². The zero-order chi connectivity index (χ0) is 13.9. The van der Waals surface area contributed by atoms with Crippen molar-refractivity contribution in [2.75, 3.05) is 5.32 Å². The van der Waals surface area contributed by atoms with Crippen LogP contribution in [-0.4, -0.2) is 14.8 Å². The molecule has 0 atom stereocenters. The molecule has 3 rings (SSSR count). The van der Waals surface area contributed by atoms with Crippen molar-refractivity contribution in [2.24, 2.45) is 0 Å². The molecule has 20 heavy (non-hydrogen) atoms. The third-order valence-corrected chi connectivity index (χ3v) is 3.37. The van der Waals surface area contributed by atoms with Gasteiger partial charge in [0.2, 0.25) is 0 Å². The molecular formula is C16H18N4. The van der Waals surface area contributed by atoms with Gasteiger partial charge in [0, 0.05) is 30.4 Å². The van der Waals surface area contributed by atoms with Gasteiger partial charge in [0.1, 0.15) is 0 Å². The Labute approximate surface area is 118 Å². The summed E-state index contributed by atoms with van der Waals surface area (Å²) < 4.78 is 1.91. The minimum absolute atomic E-state index is 0.777. The summed E-state index contributed by atoms with van der Waals surface area (Å²) in [4.78, 5) is 4.56. The molecule has 2 aromatic heterocycles. The Morgan fingerprint density at radius 1 is 1.25 bits per heavy atom. The second-order valence-corrected chi connectivity index (χ2v) is 4.88. The molecule has 0 amide bonds. The van der Waals surface area contributed by atoms with Gasteiger partial charge in [0.25, 0.3) is 0 Å². The summed E-state index contributed by atoms with van der Waals surface area (Å²) in [5.74, 6) is 0. The predicted molar refractivity (Wildman–Crippen MR) is 81.7 cm³/mol. The first-order valence-electron chi connectivity index (χ1n) is 6.88. The van der Waals surface area contributed by atoms with Crippen LogP contribution in [0.1, 0.15) is 18.2 Å². The van der Waals surface area contributed by atoms with E-state index in [-0.39, 0.29) is 0 Å². The van der Waals surface area contributed by atoms with Gasteiger partial charge in [0.05, 0.1) is 17.4 Å². The van der Waals surface area contributed by atoms with Gasteiger partial charge in [-0.1, -0.05) is 18.2 Å². The number of hydrogen-bond acceptors (Lipinski definition) is 3. The number of hydrogen-bond donors (Lipinski definition) is 1. The number of anilines is 1. The maximum absolute atomic E-state index is 4.56. The number of nitrogens with one attached hydrogen (secondary N) is 1. The minimum atomic E-state index is 0.777. The molecule has 1 aromatic carbocycles. The Morgan fingerprint density at radius 3 is 2.90 bits per heavy atom. The van der Waals surface area contributed by atoms with Gasteiger partial charge in [-0.3, -0.25) is 9.67 Å². The Morgan fingerprint density at radius 2 is 2.10 bits per heavy atom. The zero-order valence-electron chi connectivity index (χ0n) is 11.8. The standard InChI is InChI=1S/C16H18N4/c1-3-20-11-14(10-18-20)17-9-13-8-12(2)19-16-7-5-4-6-15(13)16/h4-8,10-11,17H,3,9H2,1-2H3. The number of nitrogens with zero attached hydrogens (tertiary/aromatic N) is 3. The van der Waals surface area contributed by atoms with Crippen LogP contribution >= 0.6 is 0 Å². The molecule has 0 fully saturated rings. The van der Waals surface area contributed by atoms with E-state index in [1.165, 1.54) is 10.9 Å². The van der Waals surface area contributed by atoms with Crippen LogP contribution in [0.5, 0.6) is 0 Å². The van der Waals surface area contributed by atoms with Crippen molar-refractivity contribution in [3.05, 3.63) is 54.0 Å². The fourth-order valence-corrected chi connectivity index (χ4v) is 2.37. The van der Waals surface area contributed by atoms with Crippen LogP contribution in [0.4, 0.5) is 5.69 Å². The van der Waals surface area contributed by atoms with E-state index >= 15 is 0 Å². The maximum atomic E-state index is 4.56. The molecular weight excluding hydrogens is 248 g/mol. The molecule has 102 valence electrons. The highest BCUT2D eigenvalue weighted by atomic mass is 15.3. The quantitative estimate of drug-likeness (QED) is 0.787. The summed E-state index contributed by atoms with van der Waals surface area (Å²) >= 11 is 0. The molecule has 0 saturated heterocycles. The molecule has 0 aliphatic carbocycles. The van der Waals surface area contributed by atoms with Crippen LogP contribution in [0, 0.1) is 6.92 Å². The average Bonchev–Trinajstić information content (AvgIpc) is 2.92. The first-order valence-corrected chi connectivity index (χ1v) is 6.88. The van der Waals surface area contributed by atoms with Crippen molar-refractivity contribution in [1.82, 2.24) is 14.8 Å². The summed E-state index contributed by atoms with van der Waals surface area (Å²) in [6.07, 6.45) is 3.88. The van der Waals surface area contributed by atoms with E-state index in [1.54, 1.807) is 0 Å². The highest BCUT2D eigenvalue weighted by molar-refractivity contribution is 5.82. The third kappa shape index (κ3) is 2.50. The van der Waals surface area contributed by atoms with Crippen molar-refractivity contribution < 1.29 is 0 Å². The minimum Gasteiger partial charge on any atom is -0.378 e.